The average Bonchev–Trinajstić information content (AvgIpc) is 3.21. The number of aliphatic imine (C=N–C) groups is 1. The maximum absolute atomic E-state index is 5.96. The number of morpholine rings is 1. The summed E-state index contributed by atoms with van der Waals surface area (Å²) in [6.07, 6.45) is 0.959. The predicted octanol–water partition coefficient (Wildman–Crippen LogP) is 2.11. The summed E-state index contributed by atoms with van der Waals surface area (Å²) >= 11 is 1.76. The van der Waals surface area contributed by atoms with Crippen molar-refractivity contribution in [2.75, 3.05) is 46.0 Å². The minimum absolute atomic E-state index is 0.477. The zero-order valence-corrected chi connectivity index (χ0v) is 16.4. The third-order valence-corrected chi connectivity index (χ3v) is 5.30. The molecule has 0 spiro atoms. The summed E-state index contributed by atoms with van der Waals surface area (Å²) in [6.45, 7) is 6.53. The summed E-state index contributed by atoms with van der Waals surface area (Å²) in [4.78, 5) is 8.12. The predicted molar refractivity (Wildman–Crippen MR) is 111 cm³/mol. The van der Waals surface area contributed by atoms with E-state index < -0.39 is 0 Å². The molecule has 1 fully saturated rings. The number of hydrogen-bond donors (Lipinski definition) is 2. The monoisotopic (exact) mass is 388 g/mol. The summed E-state index contributed by atoms with van der Waals surface area (Å²) < 4.78 is 11.2. The van der Waals surface area contributed by atoms with Gasteiger partial charge in [-0.3, -0.25) is 4.90 Å². The van der Waals surface area contributed by atoms with Crippen molar-refractivity contribution >= 4 is 17.3 Å². The molecular weight excluding hydrogens is 360 g/mol. The van der Waals surface area contributed by atoms with Gasteiger partial charge in [-0.1, -0.05) is 18.2 Å². The van der Waals surface area contributed by atoms with Gasteiger partial charge < -0.3 is 20.5 Å². The van der Waals surface area contributed by atoms with Gasteiger partial charge in [-0.05, 0) is 35.6 Å². The first-order chi connectivity index (χ1) is 13.3. The van der Waals surface area contributed by atoms with Crippen molar-refractivity contribution in [1.82, 2.24) is 10.2 Å². The number of rotatable bonds is 9. The molecule has 7 heteroatoms. The Morgan fingerprint density at radius 3 is 2.96 bits per heavy atom. The fourth-order valence-electron chi connectivity index (χ4n) is 2.85. The Bertz CT molecular complexity index is 700. The van der Waals surface area contributed by atoms with Crippen LogP contribution in [0.15, 0.2) is 46.8 Å². The Morgan fingerprint density at radius 1 is 1.26 bits per heavy atom. The fraction of sp³-hybridized carbons (Fsp3) is 0.450. The molecule has 1 saturated heterocycles. The Kier molecular flexibility index (Phi) is 7.95. The number of guanidine groups is 1. The smallest absolute Gasteiger partial charge is 0.188 e. The molecule has 1 aliphatic heterocycles. The largest absolute Gasteiger partial charge is 0.492 e. The van der Waals surface area contributed by atoms with E-state index in [2.05, 4.69) is 32.7 Å². The van der Waals surface area contributed by atoms with Crippen LogP contribution >= 0.6 is 11.3 Å². The van der Waals surface area contributed by atoms with E-state index in [1.807, 2.05) is 24.3 Å². The van der Waals surface area contributed by atoms with Gasteiger partial charge in [0.15, 0.2) is 5.96 Å². The van der Waals surface area contributed by atoms with Gasteiger partial charge in [0.25, 0.3) is 0 Å². The average molecular weight is 389 g/mol. The second-order valence-electron chi connectivity index (χ2n) is 6.41. The highest BCUT2D eigenvalue weighted by atomic mass is 32.1. The van der Waals surface area contributed by atoms with Crippen LogP contribution in [0.5, 0.6) is 5.75 Å². The van der Waals surface area contributed by atoms with Gasteiger partial charge in [0.1, 0.15) is 12.4 Å². The Hall–Kier alpha value is -2.09. The molecule has 1 aromatic carbocycles. The summed E-state index contributed by atoms with van der Waals surface area (Å²) in [5, 5.41) is 5.25. The molecule has 0 saturated carbocycles. The van der Waals surface area contributed by atoms with Crippen molar-refractivity contribution in [2.24, 2.45) is 10.7 Å². The normalized spacial score (nSPS) is 15.6. The molecule has 27 heavy (non-hydrogen) atoms. The standard InChI is InChI=1S/C20H28N4O2S/c21-20(22-7-6-19-5-2-14-27-19)23-16-17-3-1-4-18(15-17)26-13-10-24-8-11-25-12-9-24/h1-5,14-15H,6-13,16H2,(H3,21,22,23). The first-order valence-electron chi connectivity index (χ1n) is 9.37. The molecule has 6 nitrogen and oxygen atoms in total. The Morgan fingerprint density at radius 2 is 2.15 bits per heavy atom. The fourth-order valence-corrected chi connectivity index (χ4v) is 3.56. The van der Waals surface area contributed by atoms with Crippen LogP contribution in [0.4, 0.5) is 0 Å². The molecule has 3 N–H and O–H groups in total. The second-order valence-corrected chi connectivity index (χ2v) is 7.44. The SMILES string of the molecule is NC(=NCc1cccc(OCCN2CCOCC2)c1)NCCc1cccs1. The highest BCUT2D eigenvalue weighted by Gasteiger charge is 2.09. The van der Waals surface area contributed by atoms with Gasteiger partial charge in [-0.15, -0.1) is 11.3 Å². The number of benzene rings is 1. The molecule has 3 rings (SSSR count). The van der Waals surface area contributed by atoms with E-state index in [0.29, 0.717) is 19.1 Å². The maximum atomic E-state index is 5.96. The van der Waals surface area contributed by atoms with Crippen LogP contribution in [0.2, 0.25) is 0 Å². The van der Waals surface area contributed by atoms with Crippen LogP contribution in [-0.4, -0.2) is 56.9 Å². The van der Waals surface area contributed by atoms with Gasteiger partial charge in [-0.2, -0.15) is 0 Å². The van der Waals surface area contributed by atoms with Crippen molar-refractivity contribution < 1.29 is 9.47 Å². The van der Waals surface area contributed by atoms with E-state index in [4.69, 9.17) is 15.2 Å². The van der Waals surface area contributed by atoms with Crippen molar-refractivity contribution in [3.8, 4) is 5.75 Å². The lowest BCUT2D eigenvalue weighted by molar-refractivity contribution is 0.0322. The lowest BCUT2D eigenvalue weighted by Gasteiger charge is -2.26. The first-order valence-corrected chi connectivity index (χ1v) is 10.3. The van der Waals surface area contributed by atoms with E-state index >= 15 is 0 Å². The van der Waals surface area contributed by atoms with Gasteiger partial charge >= 0.3 is 0 Å². The quantitative estimate of drug-likeness (QED) is 0.508. The lowest BCUT2D eigenvalue weighted by atomic mass is 10.2. The summed E-state index contributed by atoms with van der Waals surface area (Å²) in [5.41, 5.74) is 7.04. The number of hydrogen-bond acceptors (Lipinski definition) is 5. The van der Waals surface area contributed by atoms with Gasteiger partial charge in [-0.25, -0.2) is 4.99 Å². The topological polar surface area (TPSA) is 72.1 Å². The molecule has 1 aromatic heterocycles. The minimum atomic E-state index is 0.477. The minimum Gasteiger partial charge on any atom is -0.492 e. The second kappa shape index (κ2) is 10.9. The Labute approximate surface area is 165 Å². The maximum Gasteiger partial charge on any atom is 0.188 e. The van der Waals surface area contributed by atoms with E-state index in [9.17, 15) is 0 Å². The van der Waals surface area contributed by atoms with Crippen molar-refractivity contribution in [2.45, 2.75) is 13.0 Å². The van der Waals surface area contributed by atoms with Crippen LogP contribution in [0.25, 0.3) is 0 Å². The van der Waals surface area contributed by atoms with Crippen LogP contribution in [0.3, 0.4) is 0 Å². The van der Waals surface area contributed by atoms with Crippen LogP contribution in [-0.2, 0) is 17.7 Å². The number of thiophene rings is 1. The molecule has 0 unspecified atom stereocenters. The third-order valence-electron chi connectivity index (χ3n) is 4.37. The zero-order valence-electron chi connectivity index (χ0n) is 15.6. The number of nitrogens with zero attached hydrogens (tertiary/aromatic N) is 2. The lowest BCUT2D eigenvalue weighted by Crippen LogP contribution is -2.38. The molecule has 2 aromatic rings. The molecular formula is C20H28N4O2S. The van der Waals surface area contributed by atoms with Crippen molar-refractivity contribution in [3.63, 3.8) is 0 Å². The molecule has 0 radical (unpaired) electrons. The highest BCUT2D eigenvalue weighted by Crippen LogP contribution is 2.14. The number of nitrogens with two attached hydrogens (primary N) is 1. The number of ether oxygens (including phenoxy) is 2. The van der Waals surface area contributed by atoms with E-state index in [-0.39, 0.29) is 0 Å². The molecule has 2 heterocycles. The highest BCUT2D eigenvalue weighted by molar-refractivity contribution is 7.09. The summed E-state index contributed by atoms with van der Waals surface area (Å²) in [5.74, 6) is 1.35. The van der Waals surface area contributed by atoms with E-state index in [1.165, 1.54) is 4.88 Å². The van der Waals surface area contributed by atoms with Crippen molar-refractivity contribution in [1.29, 1.82) is 0 Å². The van der Waals surface area contributed by atoms with Crippen LogP contribution in [0, 0.1) is 0 Å². The van der Waals surface area contributed by atoms with Gasteiger partial charge in [0, 0.05) is 31.1 Å². The molecule has 0 aliphatic carbocycles. The molecule has 0 amide bonds. The van der Waals surface area contributed by atoms with Crippen LogP contribution < -0.4 is 15.8 Å². The molecule has 146 valence electrons. The van der Waals surface area contributed by atoms with E-state index in [0.717, 1.165) is 57.1 Å². The Balaban J connectivity index is 1.38. The molecule has 1 aliphatic rings. The third kappa shape index (κ3) is 7.21. The first kappa shape index (κ1) is 19.7. The van der Waals surface area contributed by atoms with Crippen LogP contribution in [0.1, 0.15) is 10.4 Å². The molecule has 0 bridgehead atoms. The summed E-state index contributed by atoms with van der Waals surface area (Å²) in [7, 11) is 0. The number of nitrogens with one attached hydrogen (secondary N) is 1. The molecule has 0 atom stereocenters. The van der Waals surface area contributed by atoms with Gasteiger partial charge in [0.05, 0.1) is 19.8 Å². The van der Waals surface area contributed by atoms with E-state index in [1.54, 1.807) is 11.3 Å². The van der Waals surface area contributed by atoms with Gasteiger partial charge in [0.2, 0.25) is 0 Å². The summed E-state index contributed by atoms with van der Waals surface area (Å²) in [6, 6.07) is 12.2. The van der Waals surface area contributed by atoms with Crippen molar-refractivity contribution in [3.05, 3.63) is 52.2 Å². The zero-order chi connectivity index (χ0) is 18.7.